The van der Waals surface area contributed by atoms with Crippen LogP contribution in [0, 0.1) is 0 Å². The summed E-state index contributed by atoms with van der Waals surface area (Å²) >= 11 is 0. The fourth-order valence-corrected chi connectivity index (χ4v) is 0.665. The number of rotatable bonds is 4. The van der Waals surface area contributed by atoms with Gasteiger partial charge in [-0.3, -0.25) is 4.79 Å². The van der Waals surface area contributed by atoms with Crippen molar-refractivity contribution in [2.45, 2.75) is 33.6 Å². The molecule has 0 saturated carbocycles. The zero-order chi connectivity index (χ0) is 9.40. The summed E-state index contributed by atoms with van der Waals surface area (Å²) in [5.41, 5.74) is 2.39. The number of nitrogens with one attached hydrogen (secondary N) is 1. The molecule has 70 valence electrons. The van der Waals surface area contributed by atoms with Gasteiger partial charge in [-0.2, -0.15) is 0 Å². The lowest BCUT2D eigenvalue weighted by atomic mass is 10.3. The molecule has 12 heavy (non-hydrogen) atoms. The molecule has 0 aliphatic heterocycles. The van der Waals surface area contributed by atoms with Crippen molar-refractivity contribution in [2.24, 2.45) is 5.10 Å². The summed E-state index contributed by atoms with van der Waals surface area (Å²) in [4.78, 5) is 10.9. The monoisotopic (exact) mass is 172 g/mol. The summed E-state index contributed by atoms with van der Waals surface area (Å²) < 4.78 is 5.01. The maximum absolute atomic E-state index is 10.9. The van der Waals surface area contributed by atoms with E-state index in [1.54, 1.807) is 6.92 Å². The summed E-state index contributed by atoms with van der Waals surface area (Å²) in [6.45, 7) is 6.08. The molecule has 4 nitrogen and oxygen atoms in total. The Morgan fingerprint density at radius 1 is 1.50 bits per heavy atom. The minimum absolute atomic E-state index is 0.0726. The van der Waals surface area contributed by atoms with E-state index in [1.165, 1.54) is 0 Å². The standard InChI is InChI=1S/C8H16N2O2/c1-4-6-8(11)10-9-7(3)12-5-2/h4-6H2,1-3H3,(H,10,11)/b9-7+. The quantitative estimate of drug-likeness (QED) is 0.394. The minimum atomic E-state index is -0.0726. The highest BCUT2D eigenvalue weighted by atomic mass is 16.5. The lowest BCUT2D eigenvalue weighted by Crippen LogP contribution is -2.18. The van der Waals surface area contributed by atoms with Crippen molar-refractivity contribution >= 4 is 11.8 Å². The molecule has 0 aromatic rings. The Labute approximate surface area is 73.0 Å². The Morgan fingerprint density at radius 3 is 2.67 bits per heavy atom. The van der Waals surface area contributed by atoms with Gasteiger partial charge in [0, 0.05) is 13.3 Å². The fraction of sp³-hybridized carbons (Fsp3) is 0.750. The van der Waals surface area contributed by atoms with Crippen LogP contribution < -0.4 is 5.43 Å². The van der Waals surface area contributed by atoms with Gasteiger partial charge in [0.05, 0.1) is 6.61 Å². The van der Waals surface area contributed by atoms with Crippen LogP contribution in [0.5, 0.6) is 0 Å². The maximum Gasteiger partial charge on any atom is 0.240 e. The third-order valence-corrected chi connectivity index (χ3v) is 1.17. The van der Waals surface area contributed by atoms with Crippen molar-refractivity contribution in [1.82, 2.24) is 5.43 Å². The smallest absolute Gasteiger partial charge is 0.240 e. The molecule has 0 saturated heterocycles. The molecule has 1 amide bonds. The highest BCUT2D eigenvalue weighted by Gasteiger charge is 1.96. The number of hydrogen-bond donors (Lipinski definition) is 1. The van der Waals surface area contributed by atoms with Gasteiger partial charge >= 0.3 is 0 Å². The Balaban J connectivity index is 3.63. The van der Waals surface area contributed by atoms with Crippen molar-refractivity contribution in [3.05, 3.63) is 0 Å². The van der Waals surface area contributed by atoms with Crippen LogP contribution in [0.2, 0.25) is 0 Å². The summed E-state index contributed by atoms with van der Waals surface area (Å²) in [7, 11) is 0. The Bertz CT molecular complexity index is 166. The summed E-state index contributed by atoms with van der Waals surface area (Å²) in [5.74, 6) is 0.415. The molecule has 0 fully saturated rings. The van der Waals surface area contributed by atoms with Crippen LogP contribution in [0.4, 0.5) is 0 Å². The van der Waals surface area contributed by atoms with Crippen LogP contribution in [0.15, 0.2) is 5.10 Å². The number of carbonyl (C=O) groups is 1. The van der Waals surface area contributed by atoms with Crippen molar-refractivity contribution in [2.75, 3.05) is 6.61 Å². The average molecular weight is 172 g/mol. The zero-order valence-corrected chi connectivity index (χ0v) is 7.89. The lowest BCUT2D eigenvalue weighted by molar-refractivity contribution is -0.121. The normalized spacial score (nSPS) is 11.1. The van der Waals surface area contributed by atoms with Crippen LogP contribution >= 0.6 is 0 Å². The molecule has 0 heterocycles. The highest BCUT2D eigenvalue weighted by molar-refractivity contribution is 5.79. The van der Waals surface area contributed by atoms with E-state index >= 15 is 0 Å². The van der Waals surface area contributed by atoms with Crippen LogP contribution in [0.1, 0.15) is 33.6 Å². The molecule has 0 radical (unpaired) electrons. The van der Waals surface area contributed by atoms with E-state index in [1.807, 2.05) is 13.8 Å². The van der Waals surface area contributed by atoms with Gasteiger partial charge in [0.1, 0.15) is 0 Å². The Morgan fingerprint density at radius 2 is 2.17 bits per heavy atom. The average Bonchev–Trinajstić information content (AvgIpc) is 2.02. The number of ether oxygens (including phenoxy) is 1. The number of carbonyl (C=O) groups excluding carboxylic acids is 1. The number of nitrogens with zero attached hydrogens (tertiary/aromatic N) is 1. The van der Waals surface area contributed by atoms with Gasteiger partial charge in [-0.05, 0) is 13.3 Å². The first-order chi connectivity index (χ1) is 5.70. The van der Waals surface area contributed by atoms with Gasteiger partial charge in [0.2, 0.25) is 11.8 Å². The van der Waals surface area contributed by atoms with Crippen molar-refractivity contribution in [3.8, 4) is 0 Å². The molecule has 0 aliphatic carbocycles. The molecule has 0 atom stereocenters. The summed E-state index contributed by atoms with van der Waals surface area (Å²) in [6, 6.07) is 0. The van der Waals surface area contributed by atoms with E-state index in [2.05, 4.69) is 10.5 Å². The minimum Gasteiger partial charge on any atom is -0.480 e. The second kappa shape index (κ2) is 6.64. The first-order valence-electron chi connectivity index (χ1n) is 4.16. The second-order valence-electron chi connectivity index (χ2n) is 2.35. The van der Waals surface area contributed by atoms with E-state index in [0.29, 0.717) is 18.9 Å². The molecule has 1 N–H and O–H groups in total. The van der Waals surface area contributed by atoms with Crippen LogP contribution in [0.25, 0.3) is 0 Å². The highest BCUT2D eigenvalue weighted by Crippen LogP contribution is 1.86. The molecular formula is C8H16N2O2. The van der Waals surface area contributed by atoms with E-state index in [-0.39, 0.29) is 5.91 Å². The largest absolute Gasteiger partial charge is 0.480 e. The summed E-state index contributed by atoms with van der Waals surface area (Å²) in [6.07, 6.45) is 1.33. The van der Waals surface area contributed by atoms with Gasteiger partial charge in [0.25, 0.3) is 0 Å². The number of hydrazone groups is 1. The first-order valence-corrected chi connectivity index (χ1v) is 4.16. The van der Waals surface area contributed by atoms with Crippen LogP contribution in [-0.2, 0) is 9.53 Å². The topological polar surface area (TPSA) is 50.7 Å². The molecular weight excluding hydrogens is 156 g/mol. The molecule has 0 bridgehead atoms. The van der Waals surface area contributed by atoms with Crippen LogP contribution in [-0.4, -0.2) is 18.4 Å². The van der Waals surface area contributed by atoms with Crippen molar-refractivity contribution in [3.63, 3.8) is 0 Å². The molecule has 0 aromatic carbocycles. The van der Waals surface area contributed by atoms with Gasteiger partial charge in [0.15, 0.2) is 0 Å². The SMILES string of the molecule is CCCC(=O)N/N=C(\C)OCC. The van der Waals surface area contributed by atoms with E-state index in [9.17, 15) is 4.79 Å². The third kappa shape index (κ3) is 5.70. The molecule has 0 unspecified atom stereocenters. The van der Waals surface area contributed by atoms with Gasteiger partial charge < -0.3 is 4.74 Å². The van der Waals surface area contributed by atoms with Gasteiger partial charge in [-0.15, -0.1) is 5.10 Å². The van der Waals surface area contributed by atoms with E-state index < -0.39 is 0 Å². The zero-order valence-electron chi connectivity index (χ0n) is 7.89. The number of hydrogen-bond acceptors (Lipinski definition) is 3. The molecule has 0 rings (SSSR count). The Kier molecular flexibility index (Phi) is 6.05. The van der Waals surface area contributed by atoms with Crippen LogP contribution in [0.3, 0.4) is 0 Å². The fourth-order valence-electron chi connectivity index (χ4n) is 0.665. The maximum atomic E-state index is 10.9. The predicted molar refractivity (Wildman–Crippen MR) is 47.8 cm³/mol. The van der Waals surface area contributed by atoms with Crippen molar-refractivity contribution < 1.29 is 9.53 Å². The number of amides is 1. The molecule has 4 heteroatoms. The van der Waals surface area contributed by atoms with Gasteiger partial charge in [-0.1, -0.05) is 6.92 Å². The van der Waals surface area contributed by atoms with E-state index in [4.69, 9.17) is 4.74 Å². The second-order valence-corrected chi connectivity index (χ2v) is 2.35. The Hall–Kier alpha value is -1.06. The lowest BCUT2D eigenvalue weighted by Gasteiger charge is -2.01. The molecule has 0 spiro atoms. The third-order valence-electron chi connectivity index (χ3n) is 1.17. The molecule has 0 aliphatic rings. The first kappa shape index (κ1) is 10.9. The van der Waals surface area contributed by atoms with E-state index in [0.717, 1.165) is 6.42 Å². The molecule has 0 aromatic heterocycles. The predicted octanol–water partition coefficient (Wildman–Crippen LogP) is 1.27. The van der Waals surface area contributed by atoms with Gasteiger partial charge in [-0.25, -0.2) is 5.43 Å². The van der Waals surface area contributed by atoms with Crippen molar-refractivity contribution in [1.29, 1.82) is 0 Å². The summed E-state index contributed by atoms with van der Waals surface area (Å²) in [5, 5.41) is 3.73.